The average Bonchev–Trinajstić information content (AvgIpc) is 2.35. The highest BCUT2D eigenvalue weighted by atomic mass is 16.1. The quantitative estimate of drug-likeness (QED) is 0.805. The monoisotopic (exact) mass is 268 g/mol. The number of nitrogens with one attached hydrogen (secondary N) is 1. The van der Waals surface area contributed by atoms with E-state index in [1.54, 1.807) is 0 Å². The van der Waals surface area contributed by atoms with E-state index in [0.29, 0.717) is 12.6 Å². The van der Waals surface area contributed by atoms with Crippen LogP contribution in [0.2, 0.25) is 0 Å². The minimum Gasteiger partial charge on any atom is -0.353 e. The Morgan fingerprint density at radius 3 is 2.58 bits per heavy atom. The highest BCUT2D eigenvalue weighted by Gasteiger charge is 2.27. The molecule has 3 N–H and O–H groups in total. The van der Waals surface area contributed by atoms with Crippen molar-refractivity contribution in [3.63, 3.8) is 0 Å². The molecule has 3 unspecified atom stereocenters. The molecule has 1 rings (SSSR count). The Labute approximate surface area is 118 Å². The van der Waals surface area contributed by atoms with Gasteiger partial charge < -0.3 is 11.1 Å². The fraction of sp³-hybridized carbons (Fsp3) is 0.938. The first kappa shape index (κ1) is 16.5. The molecule has 19 heavy (non-hydrogen) atoms. The van der Waals surface area contributed by atoms with E-state index in [0.717, 1.165) is 25.2 Å². The second-order valence-electron chi connectivity index (χ2n) is 7.34. The molecule has 0 heterocycles. The Kier molecular flexibility index (Phi) is 6.31. The molecule has 1 aliphatic rings. The maximum absolute atomic E-state index is 12.3. The molecule has 1 aliphatic carbocycles. The van der Waals surface area contributed by atoms with Crippen molar-refractivity contribution >= 4 is 5.91 Å². The van der Waals surface area contributed by atoms with E-state index in [4.69, 9.17) is 5.73 Å². The normalized spacial score (nSPS) is 25.9. The van der Waals surface area contributed by atoms with Gasteiger partial charge in [0.2, 0.25) is 5.91 Å². The lowest BCUT2D eigenvalue weighted by Gasteiger charge is -2.31. The summed E-state index contributed by atoms with van der Waals surface area (Å²) in [5, 5.41) is 3.24. The van der Waals surface area contributed by atoms with Crippen LogP contribution in [0.5, 0.6) is 0 Å². The van der Waals surface area contributed by atoms with Crippen LogP contribution in [0, 0.1) is 17.3 Å². The van der Waals surface area contributed by atoms with E-state index in [-0.39, 0.29) is 17.2 Å². The Morgan fingerprint density at radius 1 is 1.37 bits per heavy atom. The zero-order valence-corrected chi connectivity index (χ0v) is 13.2. The fourth-order valence-electron chi connectivity index (χ4n) is 3.13. The minimum atomic E-state index is -0.0398. The third kappa shape index (κ3) is 5.94. The van der Waals surface area contributed by atoms with Gasteiger partial charge in [-0.15, -0.1) is 0 Å². The van der Waals surface area contributed by atoms with Crippen LogP contribution >= 0.6 is 0 Å². The molecule has 0 aromatic heterocycles. The Bertz CT molecular complexity index is 283. The molecule has 1 amide bonds. The number of amides is 1. The van der Waals surface area contributed by atoms with Crippen LogP contribution in [0.25, 0.3) is 0 Å². The molecule has 1 fully saturated rings. The molecule has 0 spiro atoms. The van der Waals surface area contributed by atoms with Gasteiger partial charge in [0.15, 0.2) is 0 Å². The van der Waals surface area contributed by atoms with Crippen molar-refractivity contribution in [3.05, 3.63) is 0 Å². The molecule has 3 nitrogen and oxygen atoms in total. The molecule has 3 heteroatoms. The van der Waals surface area contributed by atoms with Crippen LogP contribution in [0.3, 0.4) is 0 Å². The molecule has 0 radical (unpaired) electrons. The van der Waals surface area contributed by atoms with E-state index in [9.17, 15) is 4.79 Å². The van der Waals surface area contributed by atoms with Gasteiger partial charge in [0.25, 0.3) is 0 Å². The highest BCUT2D eigenvalue weighted by Crippen LogP contribution is 2.28. The molecule has 0 aliphatic heterocycles. The largest absolute Gasteiger partial charge is 0.353 e. The predicted octanol–water partition coefficient (Wildman–Crippen LogP) is 3.08. The van der Waals surface area contributed by atoms with Crippen molar-refractivity contribution in [2.45, 2.75) is 72.3 Å². The van der Waals surface area contributed by atoms with Gasteiger partial charge in [0.1, 0.15) is 0 Å². The first-order valence-electron chi connectivity index (χ1n) is 7.86. The second kappa shape index (κ2) is 7.28. The van der Waals surface area contributed by atoms with E-state index in [1.165, 1.54) is 19.3 Å². The third-order valence-corrected chi connectivity index (χ3v) is 4.22. The SMILES string of the molecule is CCC1CCCC(NC(=O)C(CN)CC(C)(C)C)C1. The summed E-state index contributed by atoms with van der Waals surface area (Å²) in [6.07, 6.45) is 6.94. The van der Waals surface area contributed by atoms with Crippen molar-refractivity contribution in [1.82, 2.24) is 5.32 Å². The summed E-state index contributed by atoms with van der Waals surface area (Å²) in [5.41, 5.74) is 5.93. The van der Waals surface area contributed by atoms with Crippen LogP contribution in [0.1, 0.15) is 66.2 Å². The smallest absolute Gasteiger partial charge is 0.224 e. The molecular weight excluding hydrogens is 236 g/mol. The predicted molar refractivity (Wildman–Crippen MR) is 80.8 cm³/mol. The lowest BCUT2D eigenvalue weighted by atomic mass is 9.82. The molecule has 0 aromatic rings. The minimum absolute atomic E-state index is 0.0398. The standard InChI is InChI=1S/C16H32N2O/c1-5-12-7-6-8-14(9-12)18-15(19)13(11-17)10-16(2,3)4/h12-14H,5-11,17H2,1-4H3,(H,18,19). The zero-order valence-electron chi connectivity index (χ0n) is 13.2. The van der Waals surface area contributed by atoms with E-state index in [2.05, 4.69) is 33.0 Å². The number of nitrogens with two attached hydrogens (primary N) is 1. The van der Waals surface area contributed by atoms with Gasteiger partial charge in [-0.1, -0.05) is 47.0 Å². The van der Waals surface area contributed by atoms with Crippen molar-refractivity contribution < 1.29 is 4.79 Å². The van der Waals surface area contributed by atoms with E-state index >= 15 is 0 Å². The van der Waals surface area contributed by atoms with Crippen molar-refractivity contribution in [2.24, 2.45) is 23.0 Å². The summed E-state index contributed by atoms with van der Waals surface area (Å²) in [6, 6.07) is 0.375. The fourth-order valence-corrected chi connectivity index (χ4v) is 3.13. The summed E-state index contributed by atoms with van der Waals surface area (Å²) in [4.78, 5) is 12.3. The lowest BCUT2D eigenvalue weighted by Crippen LogP contribution is -2.44. The van der Waals surface area contributed by atoms with Gasteiger partial charge in [0, 0.05) is 12.6 Å². The van der Waals surface area contributed by atoms with Gasteiger partial charge in [-0.3, -0.25) is 4.79 Å². The number of hydrogen-bond acceptors (Lipinski definition) is 2. The van der Waals surface area contributed by atoms with Gasteiger partial charge in [-0.2, -0.15) is 0 Å². The Balaban J connectivity index is 2.47. The van der Waals surface area contributed by atoms with Crippen molar-refractivity contribution in [2.75, 3.05) is 6.54 Å². The van der Waals surface area contributed by atoms with E-state index in [1.807, 2.05) is 0 Å². The van der Waals surface area contributed by atoms with Gasteiger partial charge in [0.05, 0.1) is 5.92 Å². The van der Waals surface area contributed by atoms with Gasteiger partial charge >= 0.3 is 0 Å². The Morgan fingerprint density at radius 2 is 2.05 bits per heavy atom. The number of rotatable bonds is 5. The summed E-state index contributed by atoms with van der Waals surface area (Å²) < 4.78 is 0. The van der Waals surface area contributed by atoms with Crippen LogP contribution in [0.4, 0.5) is 0 Å². The maximum atomic E-state index is 12.3. The van der Waals surface area contributed by atoms with Crippen LogP contribution < -0.4 is 11.1 Å². The summed E-state index contributed by atoms with van der Waals surface area (Å²) >= 11 is 0. The molecular formula is C16H32N2O. The number of carbonyl (C=O) groups is 1. The lowest BCUT2D eigenvalue weighted by molar-refractivity contribution is -0.126. The summed E-state index contributed by atoms with van der Waals surface area (Å²) in [6.45, 7) is 9.19. The van der Waals surface area contributed by atoms with Crippen LogP contribution in [0.15, 0.2) is 0 Å². The summed E-state index contributed by atoms with van der Waals surface area (Å²) in [5.74, 6) is 0.916. The van der Waals surface area contributed by atoms with Gasteiger partial charge in [-0.05, 0) is 30.6 Å². The van der Waals surface area contributed by atoms with Crippen LogP contribution in [-0.2, 0) is 4.79 Å². The molecule has 3 atom stereocenters. The number of hydrogen-bond donors (Lipinski definition) is 2. The van der Waals surface area contributed by atoms with E-state index < -0.39 is 0 Å². The van der Waals surface area contributed by atoms with Crippen LogP contribution in [-0.4, -0.2) is 18.5 Å². The van der Waals surface area contributed by atoms with Gasteiger partial charge in [-0.25, -0.2) is 0 Å². The molecule has 0 aromatic carbocycles. The molecule has 1 saturated carbocycles. The second-order valence-corrected chi connectivity index (χ2v) is 7.34. The Hall–Kier alpha value is -0.570. The van der Waals surface area contributed by atoms with Crippen molar-refractivity contribution in [3.8, 4) is 0 Å². The molecule has 0 saturated heterocycles. The highest BCUT2D eigenvalue weighted by molar-refractivity contribution is 5.79. The zero-order chi connectivity index (χ0) is 14.5. The number of carbonyl (C=O) groups excluding carboxylic acids is 1. The first-order chi connectivity index (χ1) is 8.85. The molecule has 112 valence electrons. The van der Waals surface area contributed by atoms with Crippen molar-refractivity contribution in [1.29, 1.82) is 0 Å². The first-order valence-corrected chi connectivity index (χ1v) is 7.86. The summed E-state index contributed by atoms with van der Waals surface area (Å²) in [7, 11) is 0. The average molecular weight is 268 g/mol. The molecule has 0 bridgehead atoms. The topological polar surface area (TPSA) is 55.1 Å². The maximum Gasteiger partial charge on any atom is 0.224 e. The third-order valence-electron chi connectivity index (χ3n) is 4.22.